The minimum Gasteiger partial charge on any atom is -0.378 e. The first-order chi connectivity index (χ1) is 15.6. The predicted octanol–water partition coefficient (Wildman–Crippen LogP) is 0.645. The van der Waals surface area contributed by atoms with Crippen LogP contribution >= 0.6 is 0 Å². The lowest BCUT2D eigenvalue weighted by molar-refractivity contribution is -0.139. The van der Waals surface area contributed by atoms with Crippen LogP contribution in [0.15, 0.2) is 4.52 Å². The molecule has 1 fully saturated rings. The van der Waals surface area contributed by atoms with Gasteiger partial charge in [-0.3, -0.25) is 14.4 Å². The smallest absolute Gasteiger partial charge is 0.296 e. The summed E-state index contributed by atoms with van der Waals surface area (Å²) in [5.41, 5.74) is 0. The molecule has 1 saturated heterocycles. The Hall–Kier alpha value is -2.34. The van der Waals surface area contributed by atoms with Crippen molar-refractivity contribution in [3.05, 3.63) is 11.7 Å². The van der Waals surface area contributed by atoms with E-state index in [9.17, 15) is 22.8 Å². The van der Waals surface area contributed by atoms with Gasteiger partial charge >= 0.3 is 0 Å². The average molecular weight is 487 g/mol. The number of hydrogen-bond acceptors (Lipinski definition) is 9. The van der Waals surface area contributed by atoms with E-state index in [2.05, 4.69) is 15.5 Å². The number of amides is 2. The molecule has 12 heteroatoms. The Morgan fingerprint density at radius 1 is 1.12 bits per heavy atom. The second-order valence-electron chi connectivity index (χ2n) is 8.57. The van der Waals surface area contributed by atoms with Crippen molar-refractivity contribution >= 4 is 27.4 Å². The van der Waals surface area contributed by atoms with Crippen LogP contribution in [0.2, 0.25) is 0 Å². The molecule has 0 aromatic carbocycles. The second kappa shape index (κ2) is 12.2. The molecular weight excluding hydrogens is 452 g/mol. The van der Waals surface area contributed by atoms with Crippen molar-refractivity contribution < 1.29 is 32.1 Å². The van der Waals surface area contributed by atoms with Gasteiger partial charge in [-0.05, 0) is 12.3 Å². The third kappa shape index (κ3) is 8.18. The summed E-state index contributed by atoms with van der Waals surface area (Å²) in [6.07, 6.45) is 0.449. The largest absolute Gasteiger partial charge is 0.378 e. The maximum absolute atomic E-state index is 13.1. The third-order valence-electron chi connectivity index (χ3n) is 5.23. The molecule has 1 aromatic rings. The van der Waals surface area contributed by atoms with Crippen LogP contribution in [-0.2, 0) is 30.6 Å². The fourth-order valence-corrected chi connectivity index (χ4v) is 5.59. The highest BCUT2D eigenvalue weighted by atomic mass is 32.2. The zero-order valence-corrected chi connectivity index (χ0v) is 20.5. The number of nitrogens with zero attached hydrogens (tertiary/aromatic N) is 3. The Morgan fingerprint density at radius 3 is 2.33 bits per heavy atom. The first-order valence-electron chi connectivity index (χ1n) is 11.3. The monoisotopic (exact) mass is 486 g/mol. The number of ketones is 1. The van der Waals surface area contributed by atoms with Crippen molar-refractivity contribution in [2.75, 3.05) is 37.8 Å². The van der Waals surface area contributed by atoms with E-state index in [1.807, 2.05) is 6.92 Å². The Balaban J connectivity index is 2.17. The molecule has 1 aliphatic heterocycles. The number of morpholine rings is 1. The Labute approximate surface area is 194 Å². The minimum absolute atomic E-state index is 0.0968. The molecule has 1 N–H and O–H groups in total. The van der Waals surface area contributed by atoms with Gasteiger partial charge in [-0.1, -0.05) is 32.9 Å². The minimum atomic E-state index is -3.60. The molecule has 2 amide bonds. The van der Waals surface area contributed by atoms with Gasteiger partial charge in [0.25, 0.3) is 5.89 Å². The van der Waals surface area contributed by atoms with Crippen molar-refractivity contribution in [1.82, 2.24) is 20.4 Å². The van der Waals surface area contributed by atoms with Crippen LogP contribution < -0.4 is 5.32 Å². The first-order valence-corrected chi connectivity index (χ1v) is 13.1. The number of ether oxygens (including phenoxy) is 1. The Bertz CT molecular complexity index is 923. The molecule has 33 heavy (non-hydrogen) atoms. The number of Topliss-reactive ketones (excluding diaryl/α,β-unsaturated/α-hetero) is 1. The molecule has 0 bridgehead atoms. The van der Waals surface area contributed by atoms with E-state index in [0.29, 0.717) is 38.5 Å². The standard InChI is InChI=1S/C21H34N4O7S/c1-5-16(19(27)21-23-17(6-2)24-32-21)22-20(28)15(13-33(29,30)12-14(3)4)11-18(26)25-7-9-31-10-8-25/h14-16H,5-13H2,1-4H3,(H,22,28)/t15?,16-/m0/s1. The topological polar surface area (TPSA) is 149 Å². The van der Waals surface area contributed by atoms with Crippen molar-refractivity contribution in [1.29, 1.82) is 0 Å². The van der Waals surface area contributed by atoms with Crippen molar-refractivity contribution in [3.8, 4) is 0 Å². The zero-order valence-electron chi connectivity index (χ0n) is 19.7. The van der Waals surface area contributed by atoms with Crippen LogP contribution in [0.3, 0.4) is 0 Å². The number of aromatic nitrogens is 2. The molecule has 1 unspecified atom stereocenters. The van der Waals surface area contributed by atoms with Gasteiger partial charge in [0.15, 0.2) is 15.7 Å². The number of sulfone groups is 1. The molecule has 2 heterocycles. The van der Waals surface area contributed by atoms with E-state index < -0.39 is 39.2 Å². The van der Waals surface area contributed by atoms with Gasteiger partial charge in [0.2, 0.25) is 17.6 Å². The fraction of sp³-hybridized carbons (Fsp3) is 0.762. The first kappa shape index (κ1) is 26.9. The van der Waals surface area contributed by atoms with Crippen molar-refractivity contribution in [3.63, 3.8) is 0 Å². The lowest BCUT2D eigenvalue weighted by atomic mass is 10.0. The normalized spacial score (nSPS) is 16.5. The highest BCUT2D eigenvalue weighted by Gasteiger charge is 2.33. The van der Waals surface area contributed by atoms with E-state index in [1.165, 1.54) is 0 Å². The zero-order chi connectivity index (χ0) is 24.6. The molecule has 0 spiro atoms. The summed E-state index contributed by atoms with van der Waals surface area (Å²) in [6, 6.07) is -0.976. The van der Waals surface area contributed by atoms with Crippen LogP contribution in [0.1, 0.15) is 57.0 Å². The van der Waals surface area contributed by atoms with E-state index in [1.54, 1.807) is 25.7 Å². The molecule has 11 nitrogen and oxygen atoms in total. The van der Waals surface area contributed by atoms with Crippen molar-refractivity contribution in [2.24, 2.45) is 11.8 Å². The quantitative estimate of drug-likeness (QED) is 0.420. The van der Waals surface area contributed by atoms with Crippen molar-refractivity contribution in [2.45, 2.75) is 53.0 Å². The molecule has 186 valence electrons. The SMILES string of the molecule is CCc1noc(C(=O)[C@H](CC)NC(=O)C(CC(=O)N2CCOCC2)CS(=O)(=O)CC(C)C)n1. The highest BCUT2D eigenvalue weighted by molar-refractivity contribution is 7.91. The molecular formula is C21H34N4O7S. The van der Waals surface area contributed by atoms with Gasteiger partial charge in [0.05, 0.1) is 36.7 Å². The van der Waals surface area contributed by atoms with Crippen LogP contribution in [0, 0.1) is 11.8 Å². The molecule has 0 saturated carbocycles. The van der Waals surface area contributed by atoms with Gasteiger partial charge in [-0.15, -0.1) is 0 Å². The summed E-state index contributed by atoms with van der Waals surface area (Å²) in [6.45, 7) is 8.61. The van der Waals surface area contributed by atoms with E-state index >= 15 is 0 Å². The van der Waals surface area contributed by atoms with Gasteiger partial charge < -0.3 is 19.5 Å². The maximum atomic E-state index is 13.1. The summed E-state index contributed by atoms with van der Waals surface area (Å²) in [7, 11) is -3.60. The van der Waals surface area contributed by atoms with Gasteiger partial charge in [-0.2, -0.15) is 4.98 Å². The molecule has 1 aromatic heterocycles. The third-order valence-corrected chi connectivity index (χ3v) is 7.32. The summed E-state index contributed by atoms with van der Waals surface area (Å²) >= 11 is 0. The second-order valence-corrected chi connectivity index (χ2v) is 10.7. The number of hydrogen-bond donors (Lipinski definition) is 1. The predicted molar refractivity (Wildman–Crippen MR) is 119 cm³/mol. The molecule has 0 radical (unpaired) electrons. The van der Waals surface area contributed by atoms with Gasteiger partial charge in [-0.25, -0.2) is 8.42 Å². The number of rotatable bonds is 12. The number of aryl methyl sites for hydroxylation is 1. The summed E-state index contributed by atoms with van der Waals surface area (Å²) in [5, 5.41) is 6.29. The van der Waals surface area contributed by atoms with Gasteiger partial charge in [0.1, 0.15) is 0 Å². The number of carbonyl (C=O) groups excluding carboxylic acids is 3. The average Bonchev–Trinajstić information content (AvgIpc) is 3.25. The van der Waals surface area contributed by atoms with E-state index in [4.69, 9.17) is 9.26 Å². The van der Waals surface area contributed by atoms with Crippen LogP contribution in [0.4, 0.5) is 0 Å². The summed E-state index contributed by atoms with van der Waals surface area (Å²) in [4.78, 5) is 44.2. The summed E-state index contributed by atoms with van der Waals surface area (Å²) in [5.74, 6) is -3.20. The lowest BCUT2D eigenvalue weighted by Crippen LogP contribution is -2.47. The highest BCUT2D eigenvalue weighted by Crippen LogP contribution is 2.15. The number of carbonyl (C=O) groups is 3. The van der Waals surface area contributed by atoms with Crippen LogP contribution in [-0.4, -0.2) is 84.9 Å². The van der Waals surface area contributed by atoms with Crippen LogP contribution in [0.5, 0.6) is 0 Å². The maximum Gasteiger partial charge on any atom is 0.296 e. The molecule has 1 aliphatic rings. The van der Waals surface area contributed by atoms with Gasteiger partial charge in [0, 0.05) is 25.9 Å². The van der Waals surface area contributed by atoms with E-state index in [-0.39, 0.29) is 36.3 Å². The van der Waals surface area contributed by atoms with E-state index in [0.717, 1.165) is 0 Å². The fourth-order valence-electron chi connectivity index (χ4n) is 3.55. The Morgan fingerprint density at radius 2 is 1.79 bits per heavy atom. The Kier molecular flexibility index (Phi) is 9.96. The molecule has 2 rings (SSSR count). The molecule has 0 aliphatic carbocycles. The lowest BCUT2D eigenvalue weighted by Gasteiger charge is -2.28. The summed E-state index contributed by atoms with van der Waals surface area (Å²) < 4.78 is 35.5. The number of nitrogens with one attached hydrogen (secondary N) is 1. The van der Waals surface area contributed by atoms with Crippen LogP contribution in [0.25, 0.3) is 0 Å². The molecule has 2 atom stereocenters.